The minimum absolute atomic E-state index is 0.227. The van der Waals surface area contributed by atoms with E-state index in [1.165, 1.54) is 4.52 Å². The van der Waals surface area contributed by atoms with Crippen molar-refractivity contribution >= 4 is 38.3 Å². The zero-order chi connectivity index (χ0) is 19.7. The number of ether oxygens (including phenoxy) is 1. The quantitative estimate of drug-likeness (QED) is 0.472. The smallest absolute Gasteiger partial charge is 0.296 e. The molecule has 0 amide bonds. The molecule has 0 unspecified atom stereocenters. The summed E-state index contributed by atoms with van der Waals surface area (Å²) in [5, 5.41) is 4.27. The first-order valence-corrected chi connectivity index (χ1v) is 9.98. The normalized spacial score (nSPS) is 11.9. The average molecular weight is 456 g/mol. The highest BCUT2D eigenvalue weighted by atomic mass is 79.9. The van der Waals surface area contributed by atoms with Crippen molar-refractivity contribution in [3.8, 4) is 5.75 Å². The summed E-state index contributed by atoms with van der Waals surface area (Å²) in [5.74, 6) is 0.730. The number of rotatable bonds is 4. The van der Waals surface area contributed by atoms with E-state index in [1.807, 2.05) is 48.5 Å². The van der Waals surface area contributed by atoms with Gasteiger partial charge >= 0.3 is 0 Å². The summed E-state index contributed by atoms with van der Waals surface area (Å²) < 4.78 is 7.68. The molecular formula is C20H14BrN3O3S. The van der Waals surface area contributed by atoms with Crippen molar-refractivity contribution in [2.75, 3.05) is 7.11 Å². The van der Waals surface area contributed by atoms with Crippen molar-refractivity contribution in [2.45, 2.75) is 6.42 Å². The van der Waals surface area contributed by atoms with Crippen LogP contribution in [-0.2, 0) is 6.42 Å². The van der Waals surface area contributed by atoms with E-state index in [0.29, 0.717) is 4.53 Å². The number of fused-ring (bicyclic) bond motifs is 1. The maximum Gasteiger partial charge on any atom is 0.296 e. The van der Waals surface area contributed by atoms with Crippen LogP contribution >= 0.6 is 27.3 Å². The Morgan fingerprint density at radius 1 is 1.14 bits per heavy atom. The Balaban J connectivity index is 1.78. The summed E-state index contributed by atoms with van der Waals surface area (Å²) in [7, 11) is 1.59. The van der Waals surface area contributed by atoms with Crippen molar-refractivity contribution in [3.05, 3.63) is 95.1 Å². The molecule has 0 aliphatic carbocycles. The molecule has 0 spiro atoms. The monoisotopic (exact) mass is 455 g/mol. The van der Waals surface area contributed by atoms with Gasteiger partial charge in [0, 0.05) is 10.9 Å². The van der Waals surface area contributed by atoms with E-state index >= 15 is 0 Å². The fourth-order valence-corrected chi connectivity index (χ4v) is 4.02. The maximum absolute atomic E-state index is 12.7. The first kappa shape index (κ1) is 18.5. The van der Waals surface area contributed by atoms with Gasteiger partial charge in [0.2, 0.25) is 4.96 Å². The van der Waals surface area contributed by atoms with E-state index in [4.69, 9.17) is 4.74 Å². The van der Waals surface area contributed by atoms with Crippen LogP contribution < -0.4 is 20.4 Å². The maximum atomic E-state index is 12.7. The number of halogens is 1. The molecule has 4 rings (SSSR count). The molecule has 2 heterocycles. The molecule has 0 N–H and O–H groups in total. The van der Waals surface area contributed by atoms with Gasteiger partial charge in [0.15, 0.2) is 0 Å². The molecule has 0 saturated carbocycles. The van der Waals surface area contributed by atoms with Gasteiger partial charge in [-0.25, -0.2) is 0 Å². The molecule has 0 saturated heterocycles. The average Bonchev–Trinajstić information content (AvgIpc) is 2.99. The molecule has 0 aliphatic heterocycles. The van der Waals surface area contributed by atoms with Gasteiger partial charge in [-0.2, -0.15) is 14.6 Å². The third kappa shape index (κ3) is 3.61. The Morgan fingerprint density at radius 3 is 2.61 bits per heavy atom. The lowest BCUT2D eigenvalue weighted by Crippen LogP contribution is -2.28. The molecule has 0 atom stereocenters. The third-order valence-electron chi connectivity index (χ3n) is 4.17. The van der Waals surface area contributed by atoms with Crippen molar-refractivity contribution < 1.29 is 4.74 Å². The molecule has 140 valence electrons. The largest absolute Gasteiger partial charge is 0.497 e. The van der Waals surface area contributed by atoms with Gasteiger partial charge in [-0.05, 0) is 35.4 Å². The standard InChI is InChI=1S/C20H14BrN3O3S/c1-27-14-8-6-12(7-9-14)10-16-18(25)22-20-24(23-16)19(26)17(28-20)11-13-4-2-3-5-15(13)21/h2-9,11H,10H2,1H3/b17-11-. The minimum atomic E-state index is -0.426. The second kappa shape index (κ2) is 7.65. The summed E-state index contributed by atoms with van der Waals surface area (Å²) in [6.07, 6.45) is 2.05. The van der Waals surface area contributed by atoms with Crippen LogP contribution in [0.15, 0.2) is 62.6 Å². The fraction of sp³-hybridized carbons (Fsp3) is 0.100. The van der Waals surface area contributed by atoms with Gasteiger partial charge in [0.05, 0.1) is 11.6 Å². The van der Waals surface area contributed by atoms with Crippen molar-refractivity contribution in [3.63, 3.8) is 0 Å². The minimum Gasteiger partial charge on any atom is -0.497 e. The first-order chi connectivity index (χ1) is 13.5. The number of hydrogen-bond donors (Lipinski definition) is 0. The first-order valence-electron chi connectivity index (χ1n) is 8.37. The number of methoxy groups -OCH3 is 1. The number of hydrogen-bond acceptors (Lipinski definition) is 6. The molecule has 0 bridgehead atoms. The lowest BCUT2D eigenvalue weighted by molar-refractivity contribution is 0.414. The molecule has 6 nitrogen and oxygen atoms in total. The van der Waals surface area contributed by atoms with E-state index in [1.54, 1.807) is 13.2 Å². The zero-order valence-electron chi connectivity index (χ0n) is 14.8. The highest BCUT2D eigenvalue weighted by Gasteiger charge is 2.12. The van der Waals surface area contributed by atoms with Crippen LogP contribution in [0.3, 0.4) is 0 Å². The van der Waals surface area contributed by atoms with E-state index in [2.05, 4.69) is 26.0 Å². The van der Waals surface area contributed by atoms with Crippen molar-refractivity contribution in [1.29, 1.82) is 0 Å². The van der Waals surface area contributed by atoms with Crippen LogP contribution in [-0.4, -0.2) is 21.7 Å². The SMILES string of the molecule is COc1ccc(Cc2nn3c(=O)/c(=C/c4ccccc4Br)sc3nc2=O)cc1. The van der Waals surface area contributed by atoms with Gasteiger partial charge in [0.25, 0.3) is 11.1 Å². The number of aromatic nitrogens is 3. The van der Waals surface area contributed by atoms with E-state index in [-0.39, 0.29) is 22.6 Å². The molecule has 0 fully saturated rings. The predicted octanol–water partition coefficient (Wildman–Crippen LogP) is 2.42. The molecule has 28 heavy (non-hydrogen) atoms. The number of nitrogens with zero attached hydrogens (tertiary/aromatic N) is 3. The number of thiazole rings is 1. The fourth-order valence-electron chi connectivity index (χ4n) is 2.72. The van der Waals surface area contributed by atoms with Crippen LogP contribution in [0.1, 0.15) is 16.8 Å². The third-order valence-corrected chi connectivity index (χ3v) is 5.85. The Bertz CT molecular complexity index is 1330. The Hall–Kier alpha value is -2.84. The van der Waals surface area contributed by atoms with Gasteiger partial charge in [-0.15, -0.1) is 0 Å². The molecular weight excluding hydrogens is 442 g/mol. The summed E-state index contributed by atoms with van der Waals surface area (Å²) in [6.45, 7) is 0. The lowest BCUT2D eigenvalue weighted by atomic mass is 10.1. The Labute approximate surface area is 171 Å². The molecule has 2 aromatic heterocycles. The Kier molecular flexibility index (Phi) is 5.06. The molecule has 8 heteroatoms. The lowest BCUT2D eigenvalue weighted by Gasteiger charge is -2.02. The Morgan fingerprint density at radius 2 is 1.89 bits per heavy atom. The summed E-state index contributed by atoms with van der Waals surface area (Å²) in [5.41, 5.74) is 1.26. The summed E-state index contributed by atoms with van der Waals surface area (Å²) >= 11 is 4.61. The molecule has 0 aliphatic rings. The second-order valence-electron chi connectivity index (χ2n) is 6.02. The molecule has 0 radical (unpaired) electrons. The van der Waals surface area contributed by atoms with Gasteiger partial charge in [-0.3, -0.25) is 9.59 Å². The zero-order valence-corrected chi connectivity index (χ0v) is 17.2. The summed E-state index contributed by atoms with van der Waals surface area (Å²) in [4.78, 5) is 29.5. The van der Waals surface area contributed by atoms with Crippen LogP contribution in [0, 0.1) is 0 Å². The van der Waals surface area contributed by atoms with Crippen LogP contribution in [0.25, 0.3) is 11.0 Å². The van der Waals surface area contributed by atoms with E-state index in [9.17, 15) is 9.59 Å². The number of benzene rings is 2. The van der Waals surface area contributed by atoms with Crippen molar-refractivity contribution in [2.24, 2.45) is 0 Å². The van der Waals surface area contributed by atoms with Crippen LogP contribution in [0.2, 0.25) is 0 Å². The predicted molar refractivity (Wildman–Crippen MR) is 112 cm³/mol. The summed E-state index contributed by atoms with van der Waals surface area (Å²) in [6, 6.07) is 14.9. The topological polar surface area (TPSA) is 73.6 Å². The van der Waals surface area contributed by atoms with Crippen LogP contribution in [0.5, 0.6) is 5.75 Å². The highest BCUT2D eigenvalue weighted by Crippen LogP contribution is 2.16. The molecule has 2 aromatic carbocycles. The second-order valence-corrected chi connectivity index (χ2v) is 7.88. The van der Waals surface area contributed by atoms with Gasteiger partial charge < -0.3 is 4.74 Å². The van der Waals surface area contributed by atoms with Crippen molar-refractivity contribution in [1.82, 2.24) is 14.6 Å². The van der Waals surface area contributed by atoms with E-state index in [0.717, 1.165) is 32.7 Å². The molecule has 4 aromatic rings. The highest BCUT2D eigenvalue weighted by molar-refractivity contribution is 9.10. The van der Waals surface area contributed by atoms with Gasteiger partial charge in [-0.1, -0.05) is 57.6 Å². The van der Waals surface area contributed by atoms with Gasteiger partial charge in [0.1, 0.15) is 11.4 Å². The van der Waals surface area contributed by atoms with E-state index < -0.39 is 5.56 Å². The van der Waals surface area contributed by atoms with Crippen LogP contribution in [0.4, 0.5) is 0 Å².